The van der Waals surface area contributed by atoms with Gasteiger partial charge in [0.25, 0.3) is 0 Å². The van der Waals surface area contributed by atoms with Crippen LogP contribution in [0.2, 0.25) is 0 Å². The maximum Gasteiger partial charge on any atom is 0.236 e. The Hall–Kier alpha value is -0.650. The number of hydrogen-bond acceptors (Lipinski definition) is 4. The first kappa shape index (κ1) is 13.4. The van der Waals surface area contributed by atoms with Crippen LogP contribution < -0.4 is 5.32 Å². The SMILES string of the molecule is CCNCC(=O)N1CCCN(CCO)CC1. The van der Waals surface area contributed by atoms with Gasteiger partial charge in [-0.25, -0.2) is 0 Å². The minimum atomic E-state index is 0.188. The lowest BCUT2D eigenvalue weighted by molar-refractivity contribution is -0.130. The molecule has 5 nitrogen and oxygen atoms in total. The number of likely N-dealkylation sites (N-methyl/N-ethyl adjacent to an activating group) is 1. The summed E-state index contributed by atoms with van der Waals surface area (Å²) in [4.78, 5) is 15.9. The monoisotopic (exact) mass is 229 g/mol. The molecule has 0 bridgehead atoms. The van der Waals surface area contributed by atoms with Crippen LogP contribution in [0, 0.1) is 0 Å². The minimum Gasteiger partial charge on any atom is -0.395 e. The first-order valence-electron chi connectivity index (χ1n) is 6.09. The third-order valence-electron chi connectivity index (χ3n) is 2.88. The number of nitrogens with zero attached hydrogens (tertiary/aromatic N) is 2. The van der Waals surface area contributed by atoms with Gasteiger partial charge in [-0.2, -0.15) is 0 Å². The molecule has 2 N–H and O–H groups in total. The van der Waals surface area contributed by atoms with Gasteiger partial charge >= 0.3 is 0 Å². The van der Waals surface area contributed by atoms with Crippen LogP contribution in [-0.4, -0.2) is 73.2 Å². The summed E-state index contributed by atoms with van der Waals surface area (Å²) in [6, 6.07) is 0. The van der Waals surface area contributed by atoms with E-state index in [0.717, 1.165) is 45.7 Å². The van der Waals surface area contributed by atoms with Crippen molar-refractivity contribution in [3.8, 4) is 0 Å². The molecule has 0 saturated carbocycles. The van der Waals surface area contributed by atoms with E-state index in [4.69, 9.17) is 5.11 Å². The van der Waals surface area contributed by atoms with Crippen molar-refractivity contribution in [1.82, 2.24) is 15.1 Å². The highest BCUT2D eigenvalue weighted by Crippen LogP contribution is 2.02. The van der Waals surface area contributed by atoms with Crippen LogP contribution in [0.5, 0.6) is 0 Å². The van der Waals surface area contributed by atoms with Crippen LogP contribution in [0.3, 0.4) is 0 Å². The molecular weight excluding hydrogens is 206 g/mol. The largest absolute Gasteiger partial charge is 0.395 e. The Morgan fingerprint density at radius 2 is 2.12 bits per heavy atom. The Morgan fingerprint density at radius 3 is 2.81 bits per heavy atom. The fourth-order valence-corrected chi connectivity index (χ4v) is 1.93. The third kappa shape index (κ3) is 4.47. The summed E-state index contributed by atoms with van der Waals surface area (Å²) < 4.78 is 0. The molecule has 1 rings (SSSR count). The lowest BCUT2D eigenvalue weighted by Gasteiger charge is -2.21. The van der Waals surface area contributed by atoms with E-state index in [1.807, 2.05) is 11.8 Å². The van der Waals surface area contributed by atoms with E-state index >= 15 is 0 Å². The number of carbonyl (C=O) groups is 1. The summed E-state index contributed by atoms with van der Waals surface area (Å²) in [6.07, 6.45) is 0.998. The number of aliphatic hydroxyl groups is 1. The molecule has 0 radical (unpaired) electrons. The van der Waals surface area contributed by atoms with Gasteiger partial charge in [-0.05, 0) is 19.5 Å². The van der Waals surface area contributed by atoms with E-state index in [-0.39, 0.29) is 12.5 Å². The number of rotatable bonds is 5. The Labute approximate surface area is 97.4 Å². The van der Waals surface area contributed by atoms with E-state index in [1.165, 1.54) is 0 Å². The molecule has 0 aromatic carbocycles. The Bertz CT molecular complexity index is 211. The average Bonchev–Trinajstić information content (AvgIpc) is 2.52. The molecule has 16 heavy (non-hydrogen) atoms. The molecule has 1 amide bonds. The van der Waals surface area contributed by atoms with Crippen LogP contribution >= 0.6 is 0 Å². The smallest absolute Gasteiger partial charge is 0.236 e. The number of β-amino-alcohol motifs (C(OH)–C–C–N with tert-alkyl or cyclic N) is 1. The summed E-state index contributed by atoms with van der Waals surface area (Å²) in [5.41, 5.74) is 0. The molecule has 0 aromatic heterocycles. The first-order chi connectivity index (χ1) is 7.77. The molecule has 0 atom stereocenters. The van der Waals surface area contributed by atoms with E-state index in [0.29, 0.717) is 6.54 Å². The highest BCUT2D eigenvalue weighted by Gasteiger charge is 2.17. The summed E-state index contributed by atoms with van der Waals surface area (Å²) in [5, 5.41) is 11.9. The van der Waals surface area contributed by atoms with Gasteiger partial charge in [-0.1, -0.05) is 6.92 Å². The number of amides is 1. The maximum absolute atomic E-state index is 11.8. The van der Waals surface area contributed by atoms with Crippen molar-refractivity contribution in [2.45, 2.75) is 13.3 Å². The maximum atomic E-state index is 11.8. The Morgan fingerprint density at radius 1 is 1.31 bits per heavy atom. The standard InChI is InChI=1S/C11H23N3O2/c1-2-12-10-11(16)14-5-3-4-13(6-7-14)8-9-15/h12,15H,2-10H2,1H3. The van der Waals surface area contributed by atoms with Crippen LogP contribution in [0.1, 0.15) is 13.3 Å². The van der Waals surface area contributed by atoms with Crippen LogP contribution in [0.15, 0.2) is 0 Å². The number of aliphatic hydroxyl groups excluding tert-OH is 1. The molecule has 0 unspecified atom stereocenters. The number of nitrogens with one attached hydrogen (secondary N) is 1. The summed E-state index contributed by atoms with van der Waals surface area (Å²) >= 11 is 0. The molecule has 1 saturated heterocycles. The van der Waals surface area contributed by atoms with Crippen LogP contribution in [0.25, 0.3) is 0 Å². The van der Waals surface area contributed by atoms with Crippen LogP contribution in [0.4, 0.5) is 0 Å². The predicted octanol–water partition coefficient (Wildman–Crippen LogP) is -0.877. The number of carbonyl (C=O) groups excluding carboxylic acids is 1. The third-order valence-corrected chi connectivity index (χ3v) is 2.88. The zero-order valence-corrected chi connectivity index (χ0v) is 10.1. The zero-order chi connectivity index (χ0) is 11.8. The van der Waals surface area contributed by atoms with Crippen molar-refractivity contribution < 1.29 is 9.90 Å². The van der Waals surface area contributed by atoms with E-state index in [9.17, 15) is 4.79 Å². The van der Waals surface area contributed by atoms with Gasteiger partial charge in [0, 0.05) is 26.2 Å². The van der Waals surface area contributed by atoms with Crippen molar-refractivity contribution in [3.63, 3.8) is 0 Å². The molecule has 94 valence electrons. The average molecular weight is 229 g/mol. The lowest BCUT2D eigenvalue weighted by Crippen LogP contribution is -2.40. The Kier molecular flexibility index (Phi) is 6.37. The molecule has 0 aromatic rings. The summed E-state index contributed by atoms with van der Waals surface area (Å²) in [5.74, 6) is 0.188. The molecule has 1 fully saturated rings. The Balaban J connectivity index is 2.31. The van der Waals surface area contributed by atoms with E-state index in [1.54, 1.807) is 0 Å². The van der Waals surface area contributed by atoms with E-state index < -0.39 is 0 Å². The van der Waals surface area contributed by atoms with Crippen molar-refractivity contribution in [2.24, 2.45) is 0 Å². The number of hydrogen-bond donors (Lipinski definition) is 2. The van der Waals surface area contributed by atoms with Gasteiger partial charge in [0.2, 0.25) is 5.91 Å². The van der Waals surface area contributed by atoms with Gasteiger partial charge in [0.15, 0.2) is 0 Å². The van der Waals surface area contributed by atoms with Crippen molar-refractivity contribution >= 4 is 5.91 Å². The van der Waals surface area contributed by atoms with Crippen molar-refractivity contribution in [1.29, 1.82) is 0 Å². The van der Waals surface area contributed by atoms with Crippen molar-refractivity contribution in [3.05, 3.63) is 0 Å². The van der Waals surface area contributed by atoms with Gasteiger partial charge in [0.05, 0.1) is 13.2 Å². The van der Waals surface area contributed by atoms with Gasteiger partial charge < -0.3 is 15.3 Å². The fourth-order valence-electron chi connectivity index (χ4n) is 1.93. The second-order valence-corrected chi connectivity index (χ2v) is 4.08. The highest BCUT2D eigenvalue weighted by atomic mass is 16.3. The summed E-state index contributed by atoms with van der Waals surface area (Å²) in [6.45, 7) is 7.66. The topological polar surface area (TPSA) is 55.8 Å². The van der Waals surface area contributed by atoms with Gasteiger partial charge in [-0.3, -0.25) is 9.69 Å². The lowest BCUT2D eigenvalue weighted by atomic mass is 10.3. The first-order valence-corrected chi connectivity index (χ1v) is 6.09. The molecule has 5 heteroatoms. The van der Waals surface area contributed by atoms with Gasteiger partial charge in [-0.15, -0.1) is 0 Å². The molecule has 0 spiro atoms. The second kappa shape index (κ2) is 7.60. The fraction of sp³-hybridized carbons (Fsp3) is 0.909. The normalized spacial score (nSPS) is 18.5. The molecule has 1 heterocycles. The van der Waals surface area contributed by atoms with Crippen LogP contribution in [-0.2, 0) is 4.79 Å². The zero-order valence-electron chi connectivity index (χ0n) is 10.1. The highest BCUT2D eigenvalue weighted by molar-refractivity contribution is 5.78. The van der Waals surface area contributed by atoms with E-state index in [2.05, 4.69) is 10.2 Å². The van der Waals surface area contributed by atoms with Crippen molar-refractivity contribution in [2.75, 3.05) is 52.4 Å². The predicted molar refractivity (Wildman–Crippen MR) is 63.3 cm³/mol. The molecule has 0 aliphatic carbocycles. The second-order valence-electron chi connectivity index (χ2n) is 4.08. The molecule has 1 aliphatic heterocycles. The van der Waals surface area contributed by atoms with Gasteiger partial charge in [0.1, 0.15) is 0 Å². The molecule has 1 aliphatic rings. The molecular formula is C11H23N3O2. The quantitative estimate of drug-likeness (QED) is 0.643. The minimum absolute atomic E-state index is 0.188. The summed E-state index contributed by atoms with van der Waals surface area (Å²) in [7, 11) is 0.